The van der Waals surface area contributed by atoms with Gasteiger partial charge >= 0.3 is 0 Å². The number of ether oxygens (including phenoxy) is 1. The van der Waals surface area contributed by atoms with Crippen molar-refractivity contribution in [2.75, 3.05) is 39.3 Å². The van der Waals surface area contributed by atoms with Crippen molar-refractivity contribution < 1.29 is 4.74 Å². The lowest BCUT2D eigenvalue weighted by atomic mass is 9.51. The van der Waals surface area contributed by atoms with Crippen molar-refractivity contribution in [3.8, 4) is 0 Å². The van der Waals surface area contributed by atoms with Crippen LogP contribution in [0.2, 0.25) is 0 Å². The van der Waals surface area contributed by atoms with E-state index in [0.717, 1.165) is 38.0 Å². The molecule has 0 bridgehead atoms. The maximum atomic E-state index is 5.98. The Morgan fingerprint density at radius 3 is 2.54 bits per heavy atom. The Labute approximate surface area is 160 Å². The summed E-state index contributed by atoms with van der Waals surface area (Å²) < 4.78 is 5.98. The van der Waals surface area contributed by atoms with Crippen LogP contribution in [-0.4, -0.2) is 62.3 Å². The van der Waals surface area contributed by atoms with Crippen molar-refractivity contribution in [2.45, 2.75) is 77.9 Å². The van der Waals surface area contributed by atoms with E-state index in [-0.39, 0.29) is 0 Å². The largest absolute Gasteiger partial charge is 0.378 e. The van der Waals surface area contributed by atoms with E-state index in [9.17, 15) is 0 Å². The molecule has 3 rings (SSSR count). The summed E-state index contributed by atoms with van der Waals surface area (Å²) in [5.74, 6) is 1.87. The predicted octanol–water partition coefficient (Wildman–Crippen LogP) is 3.01. The molecule has 150 valence electrons. The molecule has 2 unspecified atom stereocenters. The van der Waals surface area contributed by atoms with Crippen LogP contribution >= 0.6 is 0 Å². The molecule has 5 nitrogen and oxygen atoms in total. The van der Waals surface area contributed by atoms with Crippen LogP contribution in [0.4, 0.5) is 0 Å². The summed E-state index contributed by atoms with van der Waals surface area (Å²) in [6, 6.07) is 0.540. The molecule has 2 atom stereocenters. The van der Waals surface area contributed by atoms with E-state index in [0.29, 0.717) is 17.6 Å². The average Bonchev–Trinajstić information content (AvgIpc) is 2.60. The number of hydrogen-bond donors (Lipinski definition) is 2. The molecule has 1 aliphatic heterocycles. The molecule has 1 heterocycles. The molecular weight excluding hydrogens is 324 g/mol. The van der Waals surface area contributed by atoms with Gasteiger partial charge in [0.15, 0.2) is 5.96 Å². The summed E-state index contributed by atoms with van der Waals surface area (Å²) in [6.45, 7) is 13.0. The molecule has 2 N–H and O–H groups in total. The van der Waals surface area contributed by atoms with Crippen LogP contribution in [0.5, 0.6) is 0 Å². The van der Waals surface area contributed by atoms with E-state index in [1.54, 1.807) is 0 Å². The molecule has 3 aliphatic rings. The molecule has 2 saturated carbocycles. The van der Waals surface area contributed by atoms with Gasteiger partial charge < -0.3 is 20.3 Å². The summed E-state index contributed by atoms with van der Waals surface area (Å²) in [5, 5.41) is 7.20. The molecule has 0 aromatic rings. The third-order valence-corrected chi connectivity index (χ3v) is 7.05. The van der Waals surface area contributed by atoms with Gasteiger partial charge in [-0.15, -0.1) is 0 Å². The summed E-state index contributed by atoms with van der Waals surface area (Å²) in [6.07, 6.45) is 9.48. The fraction of sp³-hybridized carbons (Fsp3) is 0.952. The first-order valence-electron chi connectivity index (χ1n) is 11.1. The molecule has 5 heteroatoms. The van der Waals surface area contributed by atoms with Gasteiger partial charge in [0.2, 0.25) is 0 Å². The Hall–Kier alpha value is -0.810. The number of likely N-dealkylation sites (tertiary alicyclic amines) is 1. The lowest BCUT2D eigenvalue weighted by molar-refractivity contribution is -0.168. The van der Waals surface area contributed by atoms with Crippen molar-refractivity contribution in [3.63, 3.8) is 0 Å². The molecule has 3 fully saturated rings. The molecule has 0 aromatic heterocycles. The zero-order chi connectivity index (χ0) is 18.4. The lowest BCUT2D eigenvalue weighted by Crippen LogP contribution is -2.68. The minimum Gasteiger partial charge on any atom is -0.378 e. The van der Waals surface area contributed by atoms with Crippen LogP contribution in [0.1, 0.15) is 65.7 Å². The summed E-state index contributed by atoms with van der Waals surface area (Å²) >= 11 is 0. The molecular formula is C21H40N4O. The van der Waals surface area contributed by atoms with Crippen molar-refractivity contribution in [3.05, 3.63) is 0 Å². The summed E-state index contributed by atoms with van der Waals surface area (Å²) in [5.41, 5.74) is 0.388. The number of nitrogens with zero attached hydrogens (tertiary/aromatic N) is 2. The van der Waals surface area contributed by atoms with Crippen molar-refractivity contribution in [1.29, 1.82) is 0 Å². The smallest absolute Gasteiger partial charge is 0.191 e. The molecule has 0 aromatic carbocycles. The van der Waals surface area contributed by atoms with E-state index in [1.165, 1.54) is 58.2 Å². The van der Waals surface area contributed by atoms with Crippen LogP contribution in [0.25, 0.3) is 0 Å². The molecule has 0 radical (unpaired) electrons. The Balaban J connectivity index is 1.46. The van der Waals surface area contributed by atoms with Gasteiger partial charge in [-0.1, -0.05) is 13.3 Å². The van der Waals surface area contributed by atoms with Crippen LogP contribution in [-0.2, 0) is 4.74 Å². The van der Waals surface area contributed by atoms with Crippen LogP contribution in [0.3, 0.4) is 0 Å². The summed E-state index contributed by atoms with van der Waals surface area (Å²) in [7, 11) is 0. The first-order valence-corrected chi connectivity index (χ1v) is 11.1. The zero-order valence-corrected chi connectivity index (χ0v) is 17.2. The second-order valence-electron chi connectivity index (χ2n) is 8.39. The van der Waals surface area contributed by atoms with E-state index < -0.39 is 0 Å². The Morgan fingerprint density at radius 2 is 1.96 bits per heavy atom. The topological polar surface area (TPSA) is 48.9 Å². The maximum absolute atomic E-state index is 5.98. The number of hydrogen-bond acceptors (Lipinski definition) is 3. The van der Waals surface area contributed by atoms with Crippen molar-refractivity contribution in [1.82, 2.24) is 15.5 Å². The van der Waals surface area contributed by atoms with E-state index >= 15 is 0 Å². The highest BCUT2D eigenvalue weighted by Gasteiger charge is 2.59. The number of aliphatic imine (C=N–C) groups is 1. The summed E-state index contributed by atoms with van der Waals surface area (Å²) in [4.78, 5) is 7.47. The van der Waals surface area contributed by atoms with Gasteiger partial charge in [0, 0.05) is 31.2 Å². The van der Waals surface area contributed by atoms with Gasteiger partial charge in [0.25, 0.3) is 0 Å². The number of nitrogens with one attached hydrogen (secondary N) is 2. The van der Waals surface area contributed by atoms with E-state index in [2.05, 4.69) is 36.3 Å². The highest BCUT2D eigenvalue weighted by molar-refractivity contribution is 5.80. The number of rotatable bonds is 8. The lowest BCUT2D eigenvalue weighted by Gasteiger charge is -2.61. The molecule has 1 saturated heterocycles. The van der Waals surface area contributed by atoms with Gasteiger partial charge in [0.05, 0.1) is 6.10 Å². The van der Waals surface area contributed by atoms with Crippen LogP contribution < -0.4 is 10.6 Å². The molecule has 2 aliphatic carbocycles. The highest BCUT2D eigenvalue weighted by Crippen LogP contribution is 2.57. The minimum absolute atomic E-state index is 0.388. The Morgan fingerprint density at radius 1 is 1.19 bits per heavy atom. The molecule has 26 heavy (non-hydrogen) atoms. The van der Waals surface area contributed by atoms with Gasteiger partial charge in [-0.05, 0) is 77.9 Å². The maximum Gasteiger partial charge on any atom is 0.191 e. The Bertz CT molecular complexity index is 455. The highest BCUT2D eigenvalue weighted by atomic mass is 16.5. The third-order valence-electron chi connectivity index (χ3n) is 7.05. The van der Waals surface area contributed by atoms with Crippen molar-refractivity contribution in [2.24, 2.45) is 16.3 Å². The number of piperidine rings is 1. The second-order valence-corrected chi connectivity index (χ2v) is 8.39. The van der Waals surface area contributed by atoms with Crippen molar-refractivity contribution >= 4 is 5.96 Å². The van der Waals surface area contributed by atoms with Gasteiger partial charge in [0.1, 0.15) is 0 Å². The Kier molecular flexibility index (Phi) is 7.21. The van der Waals surface area contributed by atoms with Gasteiger partial charge in [-0.25, -0.2) is 0 Å². The number of guanidine groups is 1. The molecule has 0 amide bonds. The quantitative estimate of drug-likeness (QED) is 0.513. The van der Waals surface area contributed by atoms with Gasteiger partial charge in [-0.2, -0.15) is 0 Å². The predicted molar refractivity (Wildman–Crippen MR) is 109 cm³/mol. The SMILES string of the molecule is CCNC(=NCCC1CCN(CC)CC1)NC1CC(OCC)C12CCC2. The second kappa shape index (κ2) is 9.41. The average molecular weight is 365 g/mol. The van der Waals surface area contributed by atoms with Crippen LogP contribution in [0.15, 0.2) is 4.99 Å². The molecule has 1 spiro atoms. The normalized spacial score (nSPS) is 29.3. The fourth-order valence-electron chi connectivity index (χ4n) is 5.08. The monoisotopic (exact) mass is 364 g/mol. The minimum atomic E-state index is 0.388. The first kappa shape index (κ1) is 19.9. The van der Waals surface area contributed by atoms with Crippen LogP contribution in [0, 0.1) is 11.3 Å². The van der Waals surface area contributed by atoms with Gasteiger partial charge in [-0.3, -0.25) is 4.99 Å². The third kappa shape index (κ3) is 4.36. The standard InChI is InChI=1S/C21H40N4O/c1-4-22-20(23-13-8-17-9-14-25(5-2)15-10-17)24-18-16-19(26-6-3)21(18)11-7-12-21/h17-19H,4-16H2,1-3H3,(H2,22,23,24). The van der Waals surface area contributed by atoms with E-state index in [1.807, 2.05) is 0 Å². The fourth-order valence-corrected chi connectivity index (χ4v) is 5.08. The van der Waals surface area contributed by atoms with E-state index in [4.69, 9.17) is 9.73 Å². The first-order chi connectivity index (χ1) is 12.7. The zero-order valence-electron chi connectivity index (χ0n) is 17.2.